The Morgan fingerprint density at radius 3 is 2.88 bits per heavy atom. The van der Waals surface area contributed by atoms with Crippen LogP contribution in [0.3, 0.4) is 0 Å². The predicted molar refractivity (Wildman–Crippen MR) is 69.1 cm³/mol. The Morgan fingerprint density at radius 1 is 1.50 bits per heavy atom. The fraction of sp³-hybridized carbons (Fsp3) is 0.417. The highest BCUT2D eigenvalue weighted by atomic mass is 79.9. The summed E-state index contributed by atoms with van der Waals surface area (Å²) in [5.41, 5.74) is 1.67. The van der Waals surface area contributed by atoms with E-state index in [1.54, 1.807) is 13.0 Å². The summed E-state index contributed by atoms with van der Waals surface area (Å²) in [5.74, 6) is 0.331. The summed E-state index contributed by atoms with van der Waals surface area (Å²) in [7, 11) is 0. The molecule has 4 heteroatoms. The third-order valence-corrected chi connectivity index (χ3v) is 3.36. The first-order valence-corrected chi connectivity index (χ1v) is 6.54. The van der Waals surface area contributed by atoms with E-state index in [0.29, 0.717) is 18.1 Å². The van der Waals surface area contributed by atoms with Gasteiger partial charge >= 0.3 is 5.97 Å². The second kappa shape index (κ2) is 6.92. The van der Waals surface area contributed by atoms with Gasteiger partial charge in [0.2, 0.25) is 0 Å². The number of aryl methyl sites for hydroxylation is 1. The molecule has 0 atom stereocenters. The van der Waals surface area contributed by atoms with Crippen LogP contribution in [-0.2, 0) is 11.2 Å². The Bertz CT molecular complexity index is 366. The van der Waals surface area contributed by atoms with Gasteiger partial charge < -0.3 is 4.74 Å². The predicted octanol–water partition coefficient (Wildman–Crippen LogP) is 3.80. The maximum atomic E-state index is 11.6. The van der Waals surface area contributed by atoms with E-state index in [2.05, 4.69) is 15.9 Å². The Morgan fingerprint density at radius 2 is 2.25 bits per heavy atom. The highest BCUT2D eigenvalue weighted by Crippen LogP contribution is 2.24. The van der Waals surface area contributed by atoms with Crippen LogP contribution >= 0.6 is 27.5 Å². The molecule has 0 aliphatic carbocycles. The van der Waals surface area contributed by atoms with Crippen LogP contribution in [0.4, 0.5) is 0 Å². The number of carbonyl (C=O) groups excluding carboxylic acids is 1. The number of hydrogen-bond donors (Lipinski definition) is 0. The Balaban J connectivity index is 2.89. The van der Waals surface area contributed by atoms with Gasteiger partial charge in [-0.05, 0) is 47.3 Å². The van der Waals surface area contributed by atoms with Gasteiger partial charge in [-0.25, -0.2) is 4.79 Å². The molecule has 88 valence electrons. The van der Waals surface area contributed by atoms with Crippen LogP contribution < -0.4 is 0 Å². The average Bonchev–Trinajstić information content (AvgIpc) is 2.28. The van der Waals surface area contributed by atoms with Crippen LogP contribution in [0.25, 0.3) is 0 Å². The quantitative estimate of drug-likeness (QED) is 0.611. The number of halogens is 2. The molecule has 0 aliphatic rings. The number of benzene rings is 1. The standard InChI is InChI=1S/C12H14BrClO2/c1-2-16-12(15)10-7-3-5-9(11(10)13)6-4-8-14/h3,5,7H,2,4,6,8H2,1H3. The van der Waals surface area contributed by atoms with Gasteiger partial charge in [-0.15, -0.1) is 11.6 Å². The molecule has 0 heterocycles. The summed E-state index contributed by atoms with van der Waals surface area (Å²) in [5, 5.41) is 0. The summed E-state index contributed by atoms with van der Waals surface area (Å²) in [6, 6.07) is 5.60. The van der Waals surface area contributed by atoms with E-state index < -0.39 is 0 Å². The summed E-state index contributed by atoms with van der Waals surface area (Å²) in [6.45, 7) is 2.18. The largest absolute Gasteiger partial charge is 0.462 e. The van der Waals surface area contributed by atoms with E-state index in [0.717, 1.165) is 22.9 Å². The maximum absolute atomic E-state index is 11.6. The monoisotopic (exact) mass is 304 g/mol. The van der Waals surface area contributed by atoms with E-state index in [1.807, 2.05) is 12.1 Å². The van der Waals surface area contributed by atoms with Crippen molar-refractivity contribution in [3.63, 3.8) is 0 Å². The molecule has 0 radical (unpaired) electrons. The lowest BCUT2D eigenvalue weighted by molar-refractivity contribution is 0.0525. The SMILES string of the molecule is CCOC(=O)c1cccc(CCCCl)c1Br. The van der Waals surface area contributed by atoms with E-state index in [1.165, 1.54) is 0 Å². The number of ether oxygens (including phenoxy) is 1. The second-order valence-corrected chi connectivity index (χ2v) is 4.46. The first-order valence-electron chi connectivity index (χ1n) is 5.21. The van der Waals surface area contributed by atoms with Crippen molar-refractivity contribution in [2.24, 2.45) is 0 Å². The van der Waals surface area contributed by atoms with Crippen LogP contribution in [0.1, 0.15) is 29.3 Å². The molecule has 1 rings (SSSR count). The third kappa shape index (κ3) is 3.49. The molecule has 2 nitrogen and oxygen atoms in total. The molecule has 0 saturated heterocycles. The Kier molecular flexibility index (Phi) is 5.85. The smallest absolute Gasteiger partial charge is 0.339 e. The van der Waals surface area contributed by atoms with Crippen molar-refractivity contribution in [3.8, 4) is 0 Å². The van der Waals surface area contributed by atoms with Gasteiger partial charge in [-0.2, -0.15) is 0 Å². The molecule has 0 spiro atoms. The molecule has 0 aromatic heterocycles. The average molecular weight is 306 g/mol. The number of carbonyl (C=O) groups is 1. The summed E-state index contributed by atoms with van der Waals surface area (Å²) in [4.78, 5) is 11.6. The van der Waals surface area contributed by atoms with Crippen molar-refractivity contribution < 1.29 is 9.53 Å². The fourth-order valence-corrected chi connectivity index (χ4v) is 2.15. The zero-order valence-electron chi connectivity index (χ0n) is 9.13. The Labute approximate surface area is 109 Å². The van der Waals surface area contributed by atoms with Crippen molar-refractivity contribution in [1.29, 1.82) is 0 Å². The fourth-order valence-electron chi connectivity index (χ4n) is 1.40. The topological polar surface area (TPSA) is 26.3 Å². The summed E-state index contributed by atoms with van der Waals surface area (Å²) < 4.78 is 5.79. The Hall–Kier alpha value is -0.540. The van der Waals surface area contributed by atoms with Crippen LogP contribution in [0.2, 0.25) is 0 Å². The zero-order valence-corrected chi connectivity index (χ0v) is 11.5. The van der Waals surface area contributed by atoms with Crippen LogP contribution in [0, 0.1) is 0 Å². The molecule has 16 heavy (non-hydrogen) atoms. The van der Waals surface area contributed by atoms with Crippen molar-refractivity contribution in [2.45, 2.75) is 19.8 Å². The van der Waals surface area contributed by atoms with E-state index in [9.17, 15) is 4.79 Å². The second-order valence-electron chi connectivity index (χ2n) is 3.29. The van der Waals surface area contributed by atoms with Crippen LogP contribution in [0.15, 0.2) is 22.7 Å². The third-order valence-electron chi connectivity index (χ3n) is 2.15. The van der Waals surface area contributed by atoms with Gasteiger partial charge in [0.05, 0.1) is 12.2 Å². The molecule has 1 aromatic carbocycles. The summed E-state index contributed by atoms with van der Waals surface area (Å²) >= 11 is 9.09. The van der Waals surface area contributed by atoms with Crippen molar-refractivity contribution in [2.75, 3.05) is 12.5 Å². The molecular formula is C12H14BrClO2. The van der Waals surface area contributed by atoms with E-state index in [-0.39, 0.29) is 5.97 Å². The van der Waals surface area contributed by atoms with Gasteiger partial charge in [0.1, 0.15) is 0 Å². The molecule has 0 saturated carbocycles. The molecule has 1 aromatic rings. The molecule has 0 fully saturated rings. The van der Waals surface area contributed by atoms with Crippen molar-refractivity contribution in [3.05, 3.63) is 33.8 Å². The highest BCUT2D eigenvalue weighted by Gasteiger charge is 2.13. The molecule has 0 aliphatic heterocycles. The lowest BCUT2D eigenvalue weighted by atomic mass is 10.1. The minimum Gasteiger partial charge on any atom is -0.462 e. The number of rotatable bonds is 5. The van der Waals surface area contributed by atoms with Gasteiger partial charge in [0.25, 0.3) is 0 Å². The molecule has 0 unspecified atom stereocenters. The first kappa shape index (κ1) is 13.5. The summed E-state index contributed by atoms with van der Waals surface area (Å²) in [6.07, 6.45) is 1.75. The number of esters is 1. The van der Waals surface area contributed by atoms with Gasteiger partial charge in [-0.1, -0.05) is 12.1 Å². The highest BCUT2D eigenvalue weighted by molar-refractivity contribution is 9.10. The van der Waals surface area contributed by atoms with Gasteiger partial charge in [0.15, 0.2) is 0 Å². The molecule has 0 N–H and O–H groups in total. The maximum Gasteiger partial charge on any atom is 0.339 e. The zero-order chi connectivity index (χ0) is 12.0. The minimum absolute atomic E-state index is 0.290. The number of alkyl halides is 1. The molecular weight excluding hydrogens is 291 g/mol. The van der Waals surface area contributed by atoms with E-state index >= 15 is 0 Å². The van der Waals surface area contributed by atoms with Crippen molar-refractivity contribution >= 4 is 33.5 Å². The van der Waals surface area contributed by atoms with Crippen LogP contribution in [0.5, 0.6) is 0 Å². The normalized spacial score (nSPS) is 10.2. The van der Waals surface area contributed by atoms with Crippen LogP contribution in [-0.4, -0.2) is 18.5 Å². The molecule has 0 amide bonds. The van der Waals surface area contributed by atoms with Crippen molar-refractivity contribution in [1.82, 2.24) is 0 Å². The lowest BCUT2D eigenvalue weighted by Gasteiger charge is -2.08. The number of hydrogen-bond acceptors (Lipinski definition) is 2. The minimum atomic E-state index is -0.290. The van der Waals surface area contributed by atoms with E-state index in [4.69, 9.17) is 16.3 Å². The molecule has 0 bridgehead atoms. The van der Waals surface area contributed by atoms with Gasteiger partial charge in [0, 0.05) is 10.4 Å². The lowest BCUT2D eigenvalue weighted by Crippen LogP contribution is -2.06. The van der Waals surface area contributed by atoms with Gasteiger partial charge in [-0.3, -0.25) is 0 Å². The first-order chi connectivity index (χ1) is 7.70.